The number of rotatable bonds is 5. The Morgan fingerprint density at radius 1 is 1.07 bits per heavy atom. The molecule has 2 aromatic rings. The number of anilines is 1. The number of hydrogen-bond donors (Lipinski definition) is 1. The Labute approximate surface area is 165 Å². The number of carbonyl (C=O) groups is 2. The van der Waals surface area contributed by atoms with Crippen LogP contribution in [-0.2, 0) is 11.2 Å². The van der Waals surface area contributed by atoms with Crippen LogP contribution >= 0.6 is 0 Å². The minimum atomic E-state index is -0.963. The number of aromatic nitrogens is 2. The molecule has 1 aromatic heterocycles. The van der Waals surface area contributed by atoms with Crippen LogP contribution in [0, 0.1) is 6.92 Å². The van der Waals surface area contributed by atoms with Crippen LogP contribution in [0.3, 0.4) is 0 Å². The topological polar surface area (TPSA) is 86.6 Å². The minimum Gasteiger partial charge on any atom is -0.478 e. The highest BCUT2D eigenvalue weighted by molar-refractivity contribution is 5.87. The van der Waals surface area contributed by atoms with Gasteiger partial charge in [-0.25, -0.2) is 14.8 Å². The average Bonchev–Trinajstić information content (AvgIpc) is 2.68. The van der Waals surface area contributed by atoms with Crippen molar-refractivity contribution in [3.8, 4) is 0 Å². The summed E-state index contributed by atoms with van der Waals surface area (Å²) in [7, 11) is 0. The minimum absolute atomic E-state index is 0.0597. The summed E-state index contributed by atoms with van der Waals surface area (Å²) < 4.78 is 0. The number of carbonyl (C=O) groups excluding carboxylic acids is 1. The highest BCUT2D eigenvalue weighted by Gasteiger charge is 2.23. The maximum absolute atomic E-state index is 12.6. The van der Waals surface area contributed by atoms with Gasteiger partial charge in [0.15, 0.2) is 0 Å². The van der Waals surface area contributed by atoms with Crippen LogP contribution in [0.25, 0.3) is 0 Å². The molecule has 1 saturated heterocycles. The summed E-state index contributed by atoms with van der Waals surface area (Å²) in [6, 6.07) is 8.47. The van der Waals surface area contributed by atoms with Crippen LogP contribution in [-0.4, -0.2) is 58.0 Å². The van der Waals surface area contributed by atoms with E-state index in [1.165, 1.54) is 12.1 Å². The molecule has 1 aliphatic rings. The summed E-state index contributed by atoms with van der Waals surface area (Å²) in [5, 5.41) is 8.96. The van der Waals surface area contributed by atoms with Crippen molar-refractivity contribution in [2.24, 2.45) is 0 Å². The number of amides is 1. The molecule has 0 unspecified atom stereocenters. The van der Waals surface area contributed by atoms with Gasteiger partial charge in [-0.15, -0.1) is 0 Å². The second-order valence-corrected chi connectivity index (χ2v) is 7.43. The van der Waals surface area contributed by atoms with Gasteiger partial charge in [0.2, 0.25) is 5.91 Å². The molecule has 0 spiro atoms. The first kappa shape index (κ1) is 19.8. The molecule has 3 rings (SSSR count). The third kappa shape index (κ3) is 4.65. The molecular weight excluding hydrogens is 356 g/mol. The van der Waals surface area contributed by atoms with Crippen LogP contribution in [0.5, 0.6) is 0 Å². The number of aromatic carboxylic acids is 1. The van der Waals surface area contributed by atoms with Gasteiger partial charge in [0.05, 0.1) is 12.0 Å². The summed E-state index contributed by atoms with van der Waals surface area (Å²) in [6.07, 6.45) is 0.282. The number of nitrogens with zero attached hydrogens (tertiary/aromatic N) is 4. The first-order chi connectivity index (χ1) is 13.3. The fourth-order valence-corrected chi connectivity index (χ4v) is 3.23. The SMILES string of the molecule is Cc1cc(N2CCN(C(=O)Cc3ccc(C(=O)O)cc3)CC2)nc(C(C)C)n1. The van der Waals surface area contributed by atoms with Crippen molar-refractivity contribution in [2.45, 2.75) is 33.1 Å². The average molecular weight is 382 g/mol. The first-order valence-electron chi connectivity index (χ1n) is 9.54. The molecule has 1 aromatic carbocycles. The van der Waals surface area contributed by atoms with E-state index in [-0.39, 0.29) is 23.8 Å². The number of piperazine rings is 1. The molecule has 148 valence electrons. The molecule has 1 N–H and O–H groups in total. The van der Waals surface area contributed by atoms with E-state index >= 15 is 0 Å². The lowest BCUT2D eigenvalue weighted by atomic mass is 10.1. The summed E-state index contributed by atoms with van der Waals surface area (Å²) in [6.45, 7) is 8.90. The Hall–Kier alpha value is -2.96. The predicted molar refractivity (Wildman–Crippen MR) is 107 cm³/mol. The number of hydrogen-bond acceptors (Lipinski definition) is 5. The zero-order valence-corrected chi connectivity index (χ0v) is 16.6. The van der Waals surface area contributed by atoms with Gasteiger partial charge in [-0.3, -0.25) is 4.79 Å². The zero-order chi connectivity index (χ0) is 20.3. The van der Waals surface area contributed by atoms with E-state index < -0.39 is 5.97 Å². The van der Waals surface area contributed by atoms with E-state index in [9.17, 15) is 9.59 Å². The summed E-state index contributed by atoms with van der Waals surface area (Å²) in [5.41, 5.74) is 2.01. The second-order valence-electron chi connectivity index (χ2n) is 7.43. The number of aryl methyl sites for hydroxylation is 1. The smallest absolute Gasteiger partial charge is 0.335 e. The van der Waals surface area contributed by atoms with E-state index in [4.69, 9.17) is 5.11 Å². The summed E-state index contributed by atoms with van der Waals surface area (Å²) in [4.78, 5) is 36.7. The standard InChI is InChI=1S/C21H26N4O3/c1-14(2)20-22-15(3)12-18(23-20)24-8-10-25(11-9-24)19(26)13-16-4-6-17(7-5-16)21(27)28/h4-7,12,14H,8-11,13H2,1-3H3,(H,27,28). The number of carboxylic acid groups (broad SMARTS) is 1. The molecule has 7 heteroatoms. The maximum Gasteiger partial charge on any atom is 0.335 e. The van der Waals surface area contributed by atoms with Gasteiger partial charge in [0.1, 0.15) is 11.6 Å². The Morgan fingerprint density at radius 3 is 2.29 bits per heavy atom. The normalized spacial score (nSPS) is 14.4. The third-order valence-corrected chi connectivity index (χ3v) is 4.89. The van der Waals surface area contributed by atoms with Crippen LogP contribution in [0.2, 0.25) is 0 Å². The van der Waals surface area contributed by atoms with E-state index in [1.54, 1.807) is 12.1 Å². The quantitative estimate of drug-likeness (QED) is 0.855. The Kier molecular flexibility index (Phi) is 5.92. The lowest BCUT2D eigenvalue weighted by molar-refractivity contribution is -0.130. The number of benzene rings is 1. The summed E-state index contributed by atoms with van der Waals surface area (Å²) >= 11 is 0. The van der Waals surface area contributed by atoms with Crippen molar-refractivity contribution in [1.82, 2.24) is 14.9 Å². The van der Waals surface area contributed by atoms with Gasteiger partial charge in [0.25, 0.3) is 0 Å². The number of carboxylic acids is 1. The predicted octanol–water partition coefficient (Wildman–Crippen LogP) is 2.50. The second kappa shape index (κ2) is 8.37. The van der Waals surface area contributed by atoms with Gasteiger partial charge in [0, 0.05) is 43.9 Å². The Bertz CT molecular complexity index is 856. The molecule has 1 aliphatic heterocycles. The van der Waals surface area contributed by atoms with Gasteiger partial charge < -0.3 is 14.9 Å². The lowest BCUT2D eigenvalue weighted by Crippen LogP contribution is -2.49. The molecule has 7 nitrogen and oxygen atoms in total. The molecular formula is C21H26N4O3. The molecule has 0 bridgehead atoms. The Balaban J connectivity index is 1.59. The highest BCUT2D eigenvalue weighted by atomic mass is 16.4. The highest BCUT2D eigenvalue weighted by Crippen LogP contribution is 2.19. The van der Waals surface area contributed by atoms with Crippen molar-refractivity contribution in [3.63, 3.8) is 0 Å². The monoisotopic (exact) mass is 382 g/mol. The van der Waals surface area contributed by atoms with Crippen LogP contribution in [0.15, 0.2) is 30.3 Å². The largest absolute Gasteiger partial charge is 0.478 e. The first-order valence-corrected chi connectivity index (χ1v) is 9.54. The van der Waals surface area contributed by atoms with Crippen molar-refractivity contribution in [1.29, 1.82) is 0 Å². The van der Waals surface area contributed by atoms with Crippen molar-refractivity contribution < 1.29 is 14.7 Å². The van der Waals surface area contributed by atoms with Crippen LogP contribution in [0.4, 0.5) is 5.82 Å². The van der Waals surface area contributed by atoms with Gasteiger partial charge in [-0.1, -0.05) is 26.0 Å². The zero-order valence-electron chi connectivity index (χ0n) is 16.6. The molecule has 0 atom stereocenters. The van der Waals surface area contributed by atoms with E-state index in [0.29, 0.717) is 13.1 Å². The van der Waals surface area contributed by atoms with Gasteiger partial charge >= 0.3 is 5.97 Å². The van der Waals surface area contributed by atoms with Crippen molar-refractivity contribution >= 4 is 17.7 Å². The molecule has 0 aliphatic carbocycles. The fourth-order valence-electron chi connectivity index (χ4n) is 3.23. The summed E-state index contributed by atoms with van der Waals surface area (Å²) in [5.74, 6) is 1.14. The molecule has 1 fully saturated rings. The molecule has 0 saturated carbocycles. The van der Waals surface area contributed by atoms with E-state index in [2.05, 4.69) is 28.7 Å². The van der Waals surface area contributed by atoms with Crippen LogP contribution in [0.1, 0.15) is 47.2 Å². The lowest BCUT2D eigenvalue weighted by Gasteiger charge is -2.35. The molecule has 2 heterocycles. The molecule has 0 radical (unpaired) electrons. The maximum atomic E-state index is 12.6. The van der Waals surface area contributed by atoms with Gasteiger partial charge in [-0.05, 0) is 24.6 Å². The van der Waals surface area contributed by atoms with Crippen molar-refractivity contribution in [3.05, 3.63) is 53.0 Å². The van der Waals surface area contributed by atoms with E-state index in [0.717, 1.165) is 36.0 Å². The molecule has 28 heavy (non-hydrogen) atoms. The third-order valence-electron chi connectivity index (χ3n) is 4.89. The van der Waals surface area contributed by atoms with E-state index in [1.807, 2.05) is 17.9 Å². The van der Waals surface area contributed by atoms with Crippen LogP contribution < -0.4 is 4.90 Å². The fraction of sp³-hybridized carbons (Fsp3) is 0.429. The van der Waals surface area contributed by atoms with Crippen molar-refractivity contribution in [2.75, 3.05) is 31.1 Å². The molecule has 1 amide bonds. The Morgan fingerprint density at radius 2 is 1.71 bits per heavy atom. The van der Waals surface area contributed by atoms with Gasteiger partial charge in [-0.2, -0.15) is 0 Å².